The molecule has 0 radical (unpaired) electrons. The third-order valence-electron chi connectivity index (χ3n) is 2.99. The van der Waals surface area contributed by atoms with Crippen molar-refractivity contribution in [1.82, 2.24) is 29.8 Å². The highest BCUT2D eigenvalue weighted by Crippen LogP contribution is 2.06. The molecular formula is C12H13N7O. The van der Waals surface area contributed by atoms with E-state index in [1.54, 1.807) is 14.1 Å². The van der Waals surface area contributed by atoms with Gasteiger partial charge in [-0.1, -0.05) is 11.3 Å². The second-order valence-electron chi connectivity index (χ2n) is 4.32. The maximum atomic E-state index is 12.3. The van der Waals surface area contributed by atoms with Gasteiger partial charge in [-0.05, 0) is 12.1 Å². The van der Waals surface area contributed by atoms with Crippen molar-refractivity contribution in [1.29, 1.82) is 0 Å². The number of rotatable bonds is 3. The zero-order chi connectivity index (χ0) is 14.1. The monoisotopic (exact) mass is 271 g/mol. The van der Waals surface area contributed by atoms with E-state index >= 15 is 0 Å². The minimum absolute atomic E-state index is 0.222. The van der Waals surface area contributed by atoms with Gasteiger partial charge in [-0.3, -0.25) is 4.79 Å². The van der Waals surface area contributed by atoms with Crippen LogP contribution in [-0.2, 0) is 13.6 Å². The molecule has 20 heavy (non-hydrogen) atoms. The first kappa shape index (κ1) is 12.3. The number of hydrogen-bond donors (Lipinski definition) is 1. The lowest BCUT2D eigenvalue weighted by Crippen LogP contribution is -2.25. The van der Waals surface area contributed by atoms with Crippen LogP contribution < -0.4 is 10.9 Å². The zero-order valence-electron chi connectivity index (χ0n) is 11.1. The molecule has 0 aliphatic carbocycles. The highest BCUT2D eigenvalue weighted by molar-refractivity contribution is 5.72. The second kappa shape index (κ2) is 4.72. The molecule has 102 valence electrons. The lowest BCUT2D eigenvalue weighted by molar-refractivity contribution is 0.587. The van der Waals surface area contributed by atoms with Crippen LogP contribution in [0.2, 0.25) is 0 Å². The fourth-order valence-corrected chi connectivity index (χ4v) is 1.94. The standard InChI is InChI=1S/C12H13N7O/c1-13-10-5-3-4-8(15-10)7-19-12(20)9-6-14-18(2)11(9)16-17-19/h3-6H,7H2,1-2H3,(H,13,15). The maximum Gasteiger partial charge on any atom is 0.281 e. The van der Waals surface area contributed by atoms with E-state index in [0.29, 0.717) is 11.0 Å². The minimum Gasteiger partial charge on any atom is -0.373 e. The van der Waals surface area contributed by atoms with Crippen molar-refractivity contribution in [2.75, 3.05) is 12.4 Å². The summed E-state index contributed by atoms with van der Waals surface area (Å²) in [6.07, 6.45) is 1.50. The van der Waals surface area contributed by atoms with Crippen LogP contribution in [0.15, 0.2) is 29.2 Å². The fraction of sp³-hybridized carbons (Fsp3) is 0.250. The topological polar surface area (TPSA) is 90.5 Å². The lowest BCUT2D eigenvalue weighted by Gasteiger charge is -2.05. The summed E-state index contributed by atoms with van der Waals surface area (Å²) in [4.78, 5) is 16.6. The van der Waals surface area contributed by atoms with E-state index in [9.17, 15) is 4.79 Å². The third-order valence-corrected chi connectivity index (χ3v) is 2.99. The van der Waals surface area contributed by atoms with E-state index in [-0.39, 0.29) is 12.1 Å². The van der Waals surface area contributed by atoms with Gasteiger partial charge in [-0.2, -0.15) is 5.10 Å². The van der Waals surface area contributed by atoms with Crippen molar-refractivity contribution in [3.05, 3.63) is 40.4 Å². The molecule has 1 N–H and O–H groups in total. The Hall–Kier alpha value is -2.77. The van der Waals surface area contributed by atoms with Gasteiger partial charge in [0.1, 0.15) is 11.2 Å². The number of pyridine rings is 1. The minimum atomic E-state index is -0.222. The molecule has 0 aliphatic heterocycles. The number of hydrogen-bond acceptors (Lipinski definition) is 6. The Labute approximate surface area is 114 Å². The molecule has 3 rings (SSSR count). The largest absolute Gasteiger partial charge is 0.373 e. The lowest BCUT2D eigenvalue weighted by atomic mass is 10.3. The number of anilines is 1. The highest BCUT2D eigenvalue weighted by atomic mass is 16.1. The normalized spacial score (nSPS) is 10.9. The average molecular weight is 271 g/mol. The predicted octanol–water partition coefficient (Wildman–Crippen LogP) is 0.01000. The van der Waals surface area contributed by atoms with Crippen molar-refractivity contribution >= 4 is 16.9 Å². The Morgan fingerprint density at radius 2 is 2.20 bits per heavy atom. The van der Waals surface area contributed by atoms with Crippen molar-refractivity contribution in [2.24, 2.45) is 7.05 Å². The van der Waals surface area contributed by atoms with E-state index in [0.717, 1.165) is 11.5 Å². The van der Waals surface area contributed by atoms with Gasteiger partial charge < -0.3 is 5.32 Å². The van der Waals surface area contributed by atoms with E-state index in [1.807, 2.05) is 18.2 Å². The Balaban J connectivity index is 2.02. The molecule has 0 atom stereocenters. The van der Waals surface area contributed by atoms with Gasteiger partial charge in [0.2, 0.25) is 0 Å². The zero-order valence-corrected chi connectivity index (χ0v) is 11.1. The van der Waals surface area contributed by atoms with Crippen LogP contribution in [0.1, 0.15) is 5.69 Å². The van der Waals surface area contributed by atoms with Crippen LogP contribution in [0, 0.1) is 0 Å². The van der Waals surface area contributed by atoms with Crippen LogP contribution in [-0.4, -0.2) is 36.8 Å². The molecule has 8 heteroatoms. The Morgan fingerprint density at radius 3 is 3.00 bits per heavy atom. The van der Waals surface area contributed by atoms with E-state index < -0.39 is 0 Å². The smallest absolute Gasteiger partial charge is 0.281 e. The fourth-order valence-electron chi connectivity index (χ4n) is 1.94. The predicted molar refractivity (Wildman–Crippen MR) is 73.4 cm³/mol. The van der Waals surface area contributed by atoms with Crippen LogP contribution in [0.4, 0.5) is 5.82 Å². The molecule has 0 aliphatic rings. The summed E-state index contributed by atoms with van der Waals surface area (Å²) in [7, 11) is 3.51. The van der Waals surface area contributed by atoms with Gasteiger partial charge in [0.25, 0.3) is 5.56 Å². The van der Waals surface area contributed by atoms with Crippen LogP contribution >= 0.6 is 0 Å². The summed E-state index contributed by atoms with van der Waals surface area (Å²) < 4.78 is 2.81. The van der Waals surface area contributed by atoms with Gasteiger partial charge in [0.05, 0.1) is 18.4 Å². The van der Waals surface area contributed by atoms with Crippen molar-refractivity contribution in [3.63, 3.8) is 0 Å². The summed E-state index contributed by atoms with van der Waals surface area (Å²) in [5, 5.41) is 15.3. The van der Waals surface area contributed by atoms with Crippen molar-refractivity contribution in [2.45, 2.75) is 6.54 Å². The molecule has 0 spiro atoms. The first-order valence-corrected chi connectivity index (χ1v) is 6.08. The Morgan fingerprint density at radius 1 is 1.35 bits per heavy atom. The van der Waals surface area contributed by atoms with Crippen molar-refractivity contribution < 1.29 is 0 Å². The van der Waals surface area contributed by atoms with Gasteiger partial charge in [0.15, 0.2) is 5.65 Å². The summed E-state index contributed by atoms with van der Waals surface area (Å²) in [6.45, 7) is 0.270. The molecule has 8 nitrogen and oxygen atoms in total. The van der Waals surface area contributed by atoms with E-state index in [1.165, 1.54) is 15.6 Å². The second-order valence-corrected chi connectivity index (χ2v) is 4.32. The number of fused-ring (bicyclic) bond motifs is 1. The molecule has 0 bridgehead atoms. The number of aryl methyl sites for hydroxylation is 1. The SMILES string of the molecule is CNc1cccc(Cn2nnc3c(cnn3C)c2=O)n1. The highest BCUT2D eigenvalue weighted by Gasteiger charge is 2.10. The van der Waals surface area contributed by atoms with E-state index in [2.05, 4.69) is 25.7 Å². The summed E-state index contributed by atoms with van der Waals surface area (Å²) >= 11 is 0. The summed E-state index contributed by atoms with van der Waals surface area (Å²) in [5.41, 5.74) is 0.986. The van der Waals surface area contributed by atoms with Crippen molar-refractivity contribution in [3.8, 4) is 0 Å². The number of nitrogens with one attached hydrogen (secondary N) is 1. The Kier molecular flexibility index (Phi) is 2.90. The molecule has 0 saturated heterocycles. The van der Waals surface area contributed by atoms with Crippen LogP contribution in [0.3, 0.4) is 0 Å². The molecule has 0 saturated carbocycles. The maximum absolute atomic E-state index is 12.3. The van der Waals surface area contributed by atoms with E-state index in [4.69, 9.17) is 0 Å². The molecule has 0 unspecified atom stereocenters. The number of aromatic nitrogens is 6. The molecule has 3 aromatic rings. The van der Waals surface area contributed by atoms with Gasteiger partial charge in [-0.15, -0.1) is 5.10 Å². The Bertz CT molecular complexity index is 820. The van der Waals surface area contributed by atoms with Gasteiger partial charge >= 0.3 is 0 Å². The molecule has 3 heterocycles. The first-order valence-electron chi connectivity index (χ1n) is 6.08. The molecule has 0 amide bonds. The summed E-state index contributed by atoms with van der Waals surface area (Å²) in [5.74, 6) is 0.742. The molecule has 3 aromatic heterocycles. The molecule has 0 fully saturated rings. The molecule has 0 aromatic carbocycles. The number of nitrogens with zero attached hydrogens (tertiary/aromatic N) is 6. The molecular weight excluding hydrogens is 258 g/mol. The third kappa shape index (κ3) is 2.00. The van der Waals surface area contributed by atoms with Crippen LogP contribution in [0.25, 0.3) is 11.0 Å². The summed E-state index contributed by atoms with van der Waals surface area (Å²) in [6, 6.07) is 5.56. The van der Waals surface area contributed by atoms with Gasteiger partial charge in [-0.25, -0.2) is 14.3 Å². The average Bonchev–Trinajstić information content (AvgIpc) is 2.84. The van der Waals surface area contributed by atoms with Gasteiger partial charge in [0, 0.05) is 14.1 Å². The quantitative estimate of drug-likeness (QED) is 0.721. The van der Waals surface area contributed by atoms with Crippen LogP contribution in [0.5, 0.6) is 0 Å². The first-order chi connectivity index (χ1) is 9.69.